The number of ether oxygens (including phenoxy) is 1. The van der Waals surface area contributed by atoms with Gasteiger partial charge in [-0.05, 0) is 19.1 Å². The number of methoxy groups -OCH3 is 1. The topological polar surface area (TPSA) is 64.4 Å². The van der Waals surface area contributed by atoms with Crippen LogP contribution in [0.4, 0.5) is 10.1 Å². The fourth-order valence-corrected chi connectivity index (χ4v) is 1.37. The van der Waals surface area contributed by atoms with E-state index in [1.165, 1.54) is 12.1 Å². The van der Waals surface area contributed by atoms with E-state index < -0.39 is 10.7 Å². The van der Waals surface area contributed by atoms with E-state index in [1.807, 2.05) is 6.92 Å². The number of nitrogens with zero attached hydrogens (tertiary/aromatic N) is 1. The summed E-state index contributed by atoms with van der Waals surface area (Å²) in [6.45, 7) is 2.65. The Bertz CT molecular complexity index is 398. The number of nitro groups is 1. The van der Waals surface area contributed by atoms with Gasteiger partial charge in [-0.25, -0.2) is 4.39 Å². The summed E-state index contributed by atoms with van der Waals surface area (Å²) in [6, 6.07) is 3.42. The molecule has 0 aliphatic heterocycles. The number of halogens is 1. The average Bonchev–Trinajstić information content (AvgIpc) is 2.28. The molecule has 0 aliphatic rings. The summed E-state index contributed by atoms with van der Waals surface area (Å²) in [5.41, 5.74) is 0.252. The first-order chi connectivity index (χ1) is 8.04. The molecule has 17 heavy (non-hydrogen) atoms. The van der Waals surface area contributed by atoms with Crippen LogP contribution >= 0.6 is 0 Å². The molecule has 1 rings (SSSR count). The Labute approximate surface area is 98.7 Å². The van der Waals surface area contributed by atoms with E-state index in [4.69, 9.17) is 4.74 Å². The molecule has 1 aromatic carbocycles. The molecule has 1 atom stereocenters. The second-order valence-electron chi connectivity index (χ2n) is 3.71. The van der Waals surface area contributed by atoms with Crippen molar-refractivity contribution < 1.29 is 14.1 Å². The lowest BCUT2D eigenvalue weighted by Crippen LogP contribution is -2.25. The van der Waals surface area contributed by atoms with Crippen molar-refractivity contribution in [3.63, 3.8) is 0 Å². The van der Waals surface area contributed by atoms with Crippen LogP contribution in [0.2, 0.25) is 0 Å². The molecular formula is C11H15FN2O3. The Morgan fingerprint density at radius 3 is 2.88 bits per heavy atom. The molecule has 0 saturated heterocycles. The molecule has 0 aliphatic carbocycles. The molecule has 6 heteroatoms. The van der Waals surface area contributed by atoms with Gasteiger partial charge in [0.2, 0.25) is 0 Å². The van der Waals surface area contributed by atoms with Gasteiger partial charge in [-0.2, -0.15) is 0 Å². The minimum Gasteiger partial charge on any atom is -0.380 e. The maximum absolute atomic E-state index is 13.0. The highest BCUT2D eigenvalue weighted by Crippen LogP contribution is 2.19. The highest BCUT2D eigenvalue weighted by atomic mass is 19.1. The van der Waals surface area contributed by atoms with Crippen LogP contribution in [0.1, 0.15) is 12.5 Å². The molecule has 0 spiro atoms. The lowest BCUT2D eigenvalue weighted by Gasteiger charge is -2.10. The summed E-state index contributed by atoms with van der Waals surface area (Å²) in [6.07, 6.45) is 0.00242. The van der Waals surface area contributed by atoms with Crippen LogP contribution in [-0.4, -0.2) is 24.7 Å². The molecule has 1 N–H and O–H groups in total. The third kappa shape index (κ3) is 4.08. The zero-order chi connectivity index (χ0) is 12.8. The number of hydrogen-bond donors (Lipinski definition) is 1. The third-order valence-electron chi connectivity index (χ3n) is 2.39. The number of nitrogens with one attached hydrogen (secondary N) is 1. The zero-order valence-electron chi connectivity index (χ0n) is 9.77. The molecule has 94 valence electrons. The quantitative estimate of drug-likeness (QED) is 0.611. The maximum Gasteiger partial charge on any atom is 0.274 e. The van der Waals surface area contributed by atoms with E-state index in [9.17, 15) is 14.5 Å². The summed E-state index contributed by atoms with van der Waals surface area (Å²) in [5, 5.41) is 13.7. The third-order valence-corrected chi connectivity index (χ3v) is 2.39. The van der Waals surface area contributed by atoms with Gasteiger partial charge >= 0.3 is 0 Å². The van der Waals surface area contributed by atoms with Crippen LogP contribution in [0.5, 0.6) is 0 Å². The highest BCUT2D eigenvalue weighted by molar-refractivity contribution is 5.40. The average molecular weight is 242 g/mol. The Hall–Kier alpha value is -1.53. The smallest absolute Gasteiger partial charge is 0.274 e. The minimum absolute atomic E-state index is 0.00242. The van der Waals surface area contributed by atoms with E-state index in [-0.39, 0.29) is 18.3 Å². The molecule has 0 saturated carbocycles. The summed E-state index contributed by atoms with van der Waals surface area (Å²) in [7, 11) is 1.58. The van der Waals surface area contributed by atoms with Gasteiger partial charge in [-0.1, -0.05) is 0 Å². The van der Waals surface area contributed by atoms with Crippen molar-refractivity contribution >= 4 is 5.69 Å². The van der Waals surface area contributed by atoms with Crippen LogP contribution in [0.25, 0.3) is 0 Å². The second kappa shape index (κ2) is 6.27. The standard InChI is InChI=1S/C11H15FN2O3/c1-8(17-2)6-13-7-9-5-10(12)3-4-11(9)14(15)16/h3-5,8,13H,6-7H2,1-2H3. The first kappa shape index (κ1) is 13.5. The lowest BCUT2D eigenvalue weighted by atomic mass is 10.1. The summed E-state index contributed by atoms with van der Waals surface area (Å²) in [4.78, 5) is 10.2. The van der Waals surface area contributed by atoms with Gasteiger partial charge in [0.1, 0.15) is 5.82 Å². The van der Waals surface area contributed by atoms with E-state index in [0.717, 1.165) is 6.07 Å². The van der Waals surface area contributed by atoms with Crippen LogP contribution in [-0.2, 0) is 11.3 Å². The zero-order valence-corrected chi connectivity index (χ0v) is 9.77. The van der Waals surface area contributed by atoms with Gasteiger partial charge in [-0.3, -0.25) is 10.1 Å². The van der Waals surface area contributed by atoms with Crippen molar-refractivity contribution in [2.75, 3.05) is 13.7 Å². The highest BCUT2D eigenvalue weighted by Gasteiger charge is 2.14. The first-order valence-corrected chi connectivity index (χ1v) is 5.21. The Morgan fingerprint density at radius 2 is 2.29 bits per heavy atom. The van der Waals surface area contributed by atoms with Gasteiger partial charge in [0.25, 0.3) is 5.69 Å². The van der Waals surface area contributed by atoms with Crippen LogP contribution in [0, 0.1) is 15.9 Å². The van der Waals surface area contributed by atoms with E-state index in [2.05, 4.69) is 5.32 Å². The number of hydrogen-bond acceptors (Lipinski definition) is 4. The molecule has 0 radical (unpaired) electrons. The van der Waals surface area contributed by atoms with Gasteiger partial charge in [-0.15, -0.1) is 0 Å². The fraction of sp³-hybridized carbons (Fsp3) is 0.455. The van der Waals surface area contributed by atoms with Crippen molar-refractivity contribution in [3.8, 4) is 0 Å². The van der Waals surface area contributed by atoms with Gasteiger partial charge in [0, 0.05) is 31.8 Å². The van der Waals surface area contributed by atoms with Crippen molar-refractivity contribution in [3.05, 3.63) is 39.7 Å². The summed E-state index contributed by atoms with van der Waals surface area (Å²) in [5.74, 6) is -0.479. The van der Waals surface area contributed by atoms with Crippen molar-refractivity contribution in [2.24, 2.45) is 0 Å². The monoisotopic (exact) mass is 242 g/mol. The largest absolute Gasteiger partial charge is 0.380 e. The summed E-state index contributed by atoms with van der Waals surface area (Å²) >= 11 is 0. The number of rotatable bonds is 6. The van der Waals surface area contributed by atoms with Gasteiger partial charge in [0.05, 0.1) is 11.0 Å². The van der Waals surface area contributed by atoms with E-state index in [0.29, 0.717) is 12.1 Å². The second-order valence-corrected chi connectivity index (χ2v) is 3.71. The molecule has 0 heterocycles. The molecule has 0 amide bonds. The van der Waals surface area contributed by atoms with Crippen molar-refractivity contribution in [1.29, 1.82) is 0 Å². The molecule has 1 unspecified atom stereocenters. The Kier molecular flexibility index (Phi) is 4.99. The van der Waals surface area contributed by atoms with Crippen molar-refractivity contribution in [1.82, 2.24) is 5.32 Å². The molecule has 0 fully saturated rings. The van der Waals surface area contributed by atoms with Crippen LogP contribution < -0.4 is 5.32 Å². The van der Waals surface area contributed by atoms with Crippen molar-refractivity contribution in [2.45, 2.75) is 19.6 Å². The summed E-state index contributed by atoms with van der Waals surface area (Å²) < 4.78 is 18.0. The van der Waals surface area contributed by atoms with E-state index in [1.54, 1.807) is 7.11 Å². The number of benzene rings is 1. The van der Waals surface area contributed by atoms with E-state index >= 15 is 0 Å². The molecule has 1 aromatic rings. The predicted molar refractivity (Wildman–Crippen MR) is 61.2 cm³/mol. The van der Waals surface area contributed by atoms with Crippen LogP contribution in [0.3, 0.4) is 0 Å². The first-order valence-electron chi connectivity index (χ1n) is 5.21. The number of nitro benzene ring substituents is 1. The Morgan fingerprint density at radius 1 is 1.59 bits per heavy atom. The van der Waals surface area contributed by atoms with Crippen LogP contribution in [0.15, 0.2) is 18.2 Å². The normalized spacial score (nSPS) is 12.4. The molecule has 5 nitrogen and oxygen atoms in total. The maximum atomic E-state index is 13.0. The fourth-order valence-electron chi connectivity index (χ4n) is 1.37. The molecular weight excluding hydrogens is 227 g/mol. The Balaban J connectivity index is 2.68. The predicted octanol–water partition coefficient (Wildman–Crippen LogP) is 1.86. The SMILES string of the molecule is COC(C)CNCc1cc(F)ccc1[N+](=O)[O-]. The minimum atomic E-state index is -0.518. The van der Waals surface area contributed by atoms with Gasteiger partial charge in [0.15, 0.2) is 0 Å². The van der Waals surface area contributed by atoms with Gasteiger partial charge < -0.3 is 10.1 Å². The lowest BCUT2D eigenvalue weighted by molar-refractivity contribution is -0.385. The molecule has 0 bridgehead atoms. The molecule has 0 aromatic heterocycles.